The van der Waals surface area contributed by atoms with Gasteiger partial charge in [-0.25, -0.2) is 4.98 Å². The first-order valence-corrected chi connectivity index (χ1v) is 8.80. The van der Waals surface area contributed by atoms with Crippen molar-refractivity contribution in [2.24, 2.45) is 5.73 Å². The van der Waals surface area contributed by atoms with Crippen molar-refractivity contribution in [1.29, 1.82) is 0 Å². The molecule has 146 valence electrons. The average Bonchev–Trinajstić information content (AvgIpc) is 2.68. The summed E-state index contributed by atoms with van der Waals surface area (Å²) in [6.45, 7) is 4.41. The third-order valence-corrected chi connectivity index (χ3v) is 4.04. The molecule has 0 atom stereocenters. The molecule has 0 aliphatic rings. The van der Waals surface area contributed by atoms with Crippen LogP contribution in [0.5, 0.6) is 23.1 Å². The van der Waals surface area contributed by atoms with E-state index < -0.39 is 5.91 Å². The Morgan fingerprint density at radius 3 is 2.61 bits per heavy atom. The Morgan fingerprint density at radius 2 is 1.93 bits per heavy atom. The second-order valence-electron chi connectivity index (χ2n) is 6.05. The molecule has 0 radical (unpaired) electrons. The van der Waals surface area contributed by atoms with Gasteiger partial charge in [0.05, 0.1) is 6.61 Å². The number of para-hydroxylation sites is 1. The number of rotatable bonds is 8. The summed E-state index contributed by atoms with van der Waals surface area (Å²) in [5.41, 5.74) is 7.15. The molecule has 0 unspecified atom stereocenters. The predicted octanol–water partition coefficient (Wildman–Crippen LogP) is 3.82. The fourth-order valence-electron chi connectivity index (χ4n) is 2.74. The van der Waals surface area contributed by atoms with Gasteiger partial charge in [0.1, 0.15) is 28.3 Å². The van der Waals surface area contributed by atoms with Gasteiger partial charge < -0.3 is 24.7 Å². The van der Waals surface area contributed by atoms with Crippen LogP contribution in [0.1, 0.15) is 22.8 Å². The molecule has 2 aromatic carbocycles. The molecular weight excluding hydrogens is 360 g/mol. The summed E-state index contributed by atoms with van der Waals surface area (Å²) in [5.74, 6) is 1.30. The van der Waals surface area contributed by atoms with Gasteiger partial charge in [0.15, 0.2) is 6.79 Å². The Bertz CT molecular complexity index is 1000. The molecule has 0 saturated heterocycles. The number of carbonyl (C=O) groups is 1. The van der Waals surface area contributed by atoms with Crippen LogP contribution in [0.25, 0.3) is 10.9 Å². The zero-order valence-electron chi connectivity index (χ0n) is 16.0. The number of aromatic nitrogens is 1. The quantitative estimate of drug-likeness (QED) is 0.596. The molecule has 3 rings (SSSR count). The third-order valence-electron chi connectivity index (χ3n) is 4.04. The highest BCUT2D eigenvalue weighted by molar-refractivity contribution is 5.99. The Balaban J connectivity index is 2.02. The number of hydrogen-bond donors (Lipinski definition) is 1. The summed E-state index contributed by atoms with van der Waals surface area (Å²) < 4.78 is 21.9. The first-order chi connectivity index (χ1) is 13.5. The van der Waals surface area contributed by atoms with Gasteiger partial charge in [-0.15, -0.1) is 0 Å². The van der Waals surface area contributed by atoms with Crippen molar-refractivity contribution in [2.75, 3.05) is 20.5 Å². The molecule has 1 aromatic heterocycles. The molecule has 7 heteroatoms. The van der Waals surface area contributed by atoms with Gasteiger partial charge in [0.2, 0.25) is 5.88 Å². The Labute approximate surface area is 163 Å². The lowest BCUT2D eigenvalue weighted by Crippen LogP contribution is -2.13. The fourth-order valence-corrected chi connectivity index (χ4v) is 2.74. The third kappa shape index (κ3) is 4.15. The van der Waals surface area contributed by atoms with Crippen LogP contribution >= 0.6 is 0 Å². The molecule has 1 amide bonds. The van der Waals surface area contributed by atoms with Crippen LogP contribution in [0.3, 0.4) is 0 Å². The second kappa shape index (κ2) is 8.58. The van der Waals surface area contributed by atoms with Crippen molar-refractivity contribution in [3.63, 3.8) is 0 Å². The van der Waals surface area contributed by atoms with Gasteiger partial charge in [0, 0.05) is 12.5 Å². The SMILES string of the molecule is CCOc1cccc2cc(C(N)=O)c(Oc3ccc(OCOC)cc3C)nc12. The summed E-state index contributed by atoms with van der Waals surface area (Å²) in [7, 11) is 1.55. The highest BCUT2D eigenvalue weighted by Gasteiger charge is 2.17. The number of ether oxygens (including phenoxy) is 4. The van der Waals surface area contributed by atoms with E-state index in [1.165, 1.54) is 0 Å². The minimum absolute atomic E-state index is 0.126. The highest BCUT2D eigenvalue weighted by Crippen LogP contribution is 2.33. The zero-order chi connectivity index (χ0) is 20.1. The van der Waals surface area contributed by atoms with Crippen molar-refractivity contribution < 1.29 is 23.7 Å². The molecular formula is C21H22N2O5. The topological polar surface area (TPSA) is 92.9 Å². The standard InChI is InChI=1S/C21H22N2O5/c1-4-26-18-7-5-6-14-11-16(20(22)24)21(23-19(14)18)28-17-9-8-15(10-13(17)2)27-12-25-3/h5-11H,4,12H2,1-3H3,(H2,22,24). The predicted molar refractivity (Wildman–Crippen MR) is 105 cm³/mol. The molecule has 1 heterocycles. The monoisotopic (exact) mass is 382 g/mol. The van der Waals surface area contributed by atoms with E-state index in [4.69, 9.17) is 24.7 Å². The number of methoxy groups -OCH3 is 1. The van der Waals surface area contributed by atoms with E-state index in [2.05, 4.69) is 4.98 Å². The minimum atomic E-state index is -0.621. The van der Waals surface area contributed by atoms with Crippen LogP contribution in [0, 0.1) is 6.92 Å². The summed E-state index contributed by atoms with van der Waals surface area (Å²) in [5, 5.41) is 0.743. The van der Waals surface area contributed by atoms with Gasteiger partial charge >= 0.3 is 0 Å². The maximum absolute atomic E-state index is 12.0. The van der Waals surface area contributed by atoms with Crippen LogP contribution in [-0.4, -0.2) is 31.4 Å². The van der Waals surface area contributed by atoms with E-state index in [1.807, 2.05) is 38.1 Å². The fraction of sp³-hybridized carbons (Fsp3) is 0.238. The van der Waals surface area contributed by atoms with E-state index in [0.29, 0.717) is 29.4 Å². The maximum atomic E-state index is 12.0. The number of nitrogens with two attached hydrogens (primary N) is 1. The lowest BCUT2D eigenvalue weighted by molar-refractivity contribution is 0.0510. The molecule has 3 aromatic rings. The Kier molecular flexibility index (Phi) is 5.96. The molecule has 0 fully saturated rings. The van der Waals surface area contributed by atoms with Gasteiger partial charge in [0.25, 0.3) is 5.91 Å². The molecule has 0 bridgehead atoms. The number of carbonyl (C=O) groups excluding carboxylic acids is 1. The number of amides is 1. The van der Waals surface area contributed by atoms with E-state index in [0.717, 1.165) is 10.9 Å². The zero-order valence-corrected chi connectivity index (χ0v) is 16.0. The largest absolute Gasteiger partial charge is 0.492 e. The van der Waals surface area contributed by atoms with Crippen molar-refractivity contribution in [2.45, 2.75) is 13.8 Å². The van der Waals surface area contributed by atoms with E-state index >= 15 is 0 Å². The average molecular weight is 382 g/mol. The Hall–Kier alpha value is -3.32. The van der Waals surface area contributed by atoms with Gasteiger partial charge in [-0.1, -0.05) is 12.1 Å². The molecule has 28 heavy (non-hydrogen) atoms. The number of primary amides is 1. The lowest BCUT2D eigenvalue weighted by Gasteiger charge is -2.14. The van der Waals surface area contributed by atoms with Crippen LogP contribution in [0.15, 0.2) is 42.5 Å². The summed E-state index contributed by atoms with van der Waals surface area (Å²) in [6.07, 6.45) is 0. The maximum Gasteiger partial charge on any atom is 0.254 e. The molecule has 7 nitrogen and oxygen atoms in total. The van der Waals surface area contributed by atoms with E-state index in [-0.39, 0.29) is 18.2 Å². The van der Waals surface area contributed by atoms with Crippen LogP contribution < -0.4 is 19.9 Å². The van der Waals surface area contributed by atoms with Crippen LogP contribution in [-0.2, 0) is 4.74 Å². The molecule has 0 spiro atoms. The number of fused-ring (bicyclic) bond motifs is 1. The van der Waals surface area contributed by atoms with Gasteiger partial charge in [-0.2, -0.15) is 0 Å². The summed E-state index contributed by atoms with van der Waals surface area (Å²) in [6, 6.07) is 12.5. The van der Waals surface area contributed by atoms with Crippen molar-refractivity contribution in [3.05, 3.63) is 53.6 Å². The first-order valence-electron chi connectivity index (χ1n) is 8.80. The number of benzene rings is 2. The van der Waals surface area contributed by atoms with Crippen molar-refractivity contribution in [1.82, 2.24) is 4.98 Å². The van der Waals surface area contributed by atoms with E-state index in [9.17, 15) is 4.79 Å². The normalized spacial score (nSPS) is 10.7. The first kappa shape index (κ1) is 19.4. The Morgan fingerprint density at radius 1 is 1.11 bits per heavy atom. The highest BCUT2D eigenvalue weighted by atomic mass is 16.7. The smallest absolute Gasteiger partial charge is 0.254 e. The van der Waals surface area contributed by atoms with Crippen LogP contribution in [0.4, 0.5) is 0 Å². The number of pyridine rings is 1. The molecule has 0 aliphatic heterocycles. The summed E-state index contributed by atoms with van der Waals surface area (Å²) in [4.78, 5) is 16.5. The molecule has 2 N–H and O–H groups in total. The number of hydrogen-bond acceptors (Lipinski definition) is 6. The lowest BCUT2D eigenvalue weighted by atomic mass is 10.1. The van der Waals surface area contributed by atoms with Gasteiger partial charge in [-0.05, 0) is 49.7 Å². The van der Waals surface area contributed by atoms with Gasteiger partial charge in [-0.3, -0.25) is 4.79 Å². The summed E-state index contributed by atoms with van der Waals surface area (Å²) >= 11 is 0. The second-order valence-corrected chi connectivity index (χ2v) is 6.05. The molecule has 0 aliphatic carbocycles. The van der Waals surface area contributed by atoms with Crippen LogP contribution in [0.2, 0.25) is 0 Å². The van der Waals surface area contributed by atoms with E-state index in [1.54, 1.807) is 25.3 Å². The molecule has 0 saturated carbocycles. The number of aryl methyl sites for hydroxylation is 1. The number of nitrogens with zero attached hydrogens (tertiary/aromatic N) is 1. The van der Waals surface area contributed by atoms with Crippen molar-refractivity contribution >= 4 is 16.8 Å². The minimum Gasteiger partial charge on any atom is -0.492 e. The van der Waals surface area contributed by atoms with Crippen molar-refractivity contribution in [3.8, 4) is 23.1 Å².